The van der Waals surface area contributed by atoms with E-state index in [0.717, 1.165) is 0 Å². The van der Waals surface area contributed by atoms with Crippen LogP contribution < -0.4 is 10.6 Å². The standard InChI is InChI=1S/C22H32AsP/c1-21(2,3)23(22(4,5)6)17-18-24(19-13-9-7-10-14-19)20-15-11-8-12-16-20/h7-16H,17-18H2,1-6H3. The second-order valence-corrected chi connectivity index (χ2v) is 19.0. The first-order valence-corrected chi connectivity index (χ1v) is 13.6. The van der Waals surface area contributed by atoms with Gasteiger partial charge < -0.3 is 0 Å². The molecule has 0 aliphatic carbocycles. The van der Waals surface area contributed by atoms with Gasteiger partial charge in [0.1, 0.15) is 0 Å². The van der Waals surface area contributed by atoms with E-state index in [0.29, 0.717) is 8.41 Å². The molecule has 0 aliphatic rings. The van der Waals surface area contributed by atoms with Crippen molar-refractivity contribution < 1.29 is 0 Å². The molecule has 0 aromatic heterocycles. The van der Waals surface area contributed by atoms with E-state index < -0.39 is 14.7 Å². The van der Waals surface area contributed by atoms with Crippen molar-refractivity contribution >= 4 is 33.2 Å². The summed E-state index contributed by atoms with van der Waals surface area (Å²) in [5.41, 5.74) is 0. The molecule has 0 unspecified atom stereocenters. The summed E-state index contributed by atoms with van der Waals surface area (Å²) in [6.07, 6.45) is 1.33. The molecule has 0 amide bonds. The molecule has 0 aliphatic heterocycles. The molecule has 0 heterocycles. The predicted molar refractivity (Wildman–Crippen MR) is 114 cm³/mol. The molecular formula is C22H32AsP. The van der Waals surface area contributed by atoms with Crippen LogP contribution in [0.1, 0.15) is 41.5 Å². The van der Waals surface area contributed by atoms with Crippen molar-refractivity contribution in [1.29, 1.82) is 0 Å². The Hall–Kier alpha value is -0.572. The molecule has 130 valence electrons. The SMILES string of the molecule is CC(C)(C)[As](CCP(c1ccccc1)c1ccccc1)C(C)(C)C. The predicted octanol–water partition coefficient (Wildman–Crippen LogP) is 6.21. The van der Waals surface area contributed by atoms with Gasteiger partial charge in [0.2, 0.25) is 0 Å². The van der Waals surface area contributed by atoms with Gasteiger partial charge in [0, 0.05) is 0 Å². The molecule has 2 aromatic carbocycles. The summed E-state index contributed by atoms with van der Waals surface area (Å²) in [7, 11) is -0.241. The average Bonchev–Trinajstić information content (AvgIpc) is 2.51. The van der Waals surface area contributed by atoms with Gasteiger partial charge in [-0.3, -0.25) is 0 Å². The van der Waals surface area contributed by atoms with Crippen molar-refractivity contribution in [3.63, 3.8) is 0 Å². The first kappa shape index (κ1) is 19.7. The monoisotopic (exact) mass is 402 g/mol. The summed E-state index contributed by atoms with van der Waals surface area (Å²) in [6, 6.07) is 22.3. The molecule has 0 spiro atoms. The average molecular weight is 402 g/mol. The van der Waals surface area contributed by atoms with Crippen molar-refractivity contribution in [3.8, 4) is 0 Å². The van der Waals surface area contributed by atoms with E-state index in [1.54, 1.807) is 0 Å². The van der Waals surface area contributed by atoms with Crippen molar-refractivity contribution in [1.82, 2.24) is 0 Å². The van der Waals surface area contributed by atoms with Gasteiger partial charge in [-0.05, 0) is 0 Å². The zero-order valence-electron chi connectivity index (χ0n) is 16.1. The second kappa shape index (κ2) is 8.20. The third kappa shape index (κ3) is 5.47. The van der Waals surface area contributed by atoms with Gasteiger partial charge in [-0.15, -0.1) is 0 Å². The van der Waals surface area contributed by atoms with E-state index in [-0.39, 0.29) is 7.92 Å². The molecule has 0 saturated carbocycles. The molecule has 24 heavy (non-hydrogen) atoms. The number of hydrogen-bond donors (Lipinski definition) is 0. The molecule has 0 radical (unpaired) electrons. The first-order chi connectivity index (χ1) is 11.2. The second-order valence-electron chi connectivity index (χ2n) is 8.32. The molecule has 2 aromatic rings. The van der Waals surface area contributed by atoms with Gasteiger partial charge in [0.05, 0.1) is 0 Å². The molecular weight excluding hydrogens is 370 g/mol. The maximum atomic E-state index is 2.46. The van der Waals surface area contributed by atoms with Gasteiger partial charge in [-0.2, -0.15) is 0 Å². The molecule has 0 N–H and O–H groups in total. The Morgan fingerprint density at radius 3 is 1.38 bits per heavy atom. The van der Waals surface area contributed by atoms with Gasteiger partial charge in [-0.25, -0.2) is 0 Å². The van der Waals surface area contributed by atoms with E-state index in [2.05, 4.69) is 102 Å². The van der Waals surface area contributed by atoms with Crippen LogP contribution in [0.2, 0.25) is 13.6 Å². The van der Waals surface area contributed by atoms with Crippen LogP contribution in [0.4, 0.5) is 0 Å². The van der Waals surface area contributed by atoms with Crippen molar-refractivity contribution in [2.24, 2.45) is 0 Å². The van der Waals surface area contributed by atoms with Gasteiger partial charge in [0.25, 0.3) is 0 Å². The van der Waals surface area contributed by atoms with Crippen LogP contribution in [0.3, 0.4) is 0 Å². The summed E-state index contributed by atoms with van der Waals surface area (Å²) in [6.45, 7) is 14.8. The van der Waals surface area contributed by atoms with Gasteiger partial charge >= 0.3 is 155 Å². The van der Waals surface area contributed by atoms with Crippen LogP contribution in [-0.2, 0) is 0 Å². The number of hydrogen-bond acceptors (Lipinski definition) is 0. The fourth-order valence-corrected chi connectivity index (χ4v) is 15.3. The Morgan fingerprint density at radius 1 is 0.667 bits per heavy atom. The maximum absolute atomic E-state index is 2.46. The van der Waals surface area contributed by atoms with Gasteiger partial charge in [-0.1, -0.05) is 0 Å². The van der Waals surface area contributed by atoms with Crippen molar-refractivity contribution in [2.45, 2.75) is 55.2 Å². The quantitative estimate of drug-likeness (QED) is 0.412. The number of benzene rings is 2. The summed E-state index contributed by atoms with van der Waals surface area (Å²) < 4.78 is 0.971. The Morgan fingerprint density at radius 2 is 1.04 bits per heavy atom. The van der Waals surface area contributed by atoms with Crippen LogP contribution >= 0.6 is 7.92 Å². The normalized spacial score (nSPS) is 12.8. The fourth-order valence-electron chi connectivity index (χ4n) is 3.50. The van der Waals surface area contributed by atoms with Crippen molar-refractivity contribution in [3.05, 3.63) is 60.7 Å². The zero-order valence-corrected chi connectivity index (χ0v) is 18.9. The van der Waals surface area contributed by atoms with Crippen LogP contribution in [-0.4, -0.2) is 20.8 Å². The van der Waals surface area contributed by atoms with E-state index in [1.807, 2.05) is 0 Å². The first-order valence-electron chi connectivity index (χ1n) is 8.85. The van der Waals surface area contributed by atoms with Crippen LogP contribution in [0.15, 0.2) is 60.7 Å². The Bertz CT molecular complexity index is 554. The third-order valence-corrected chi connectivity index (χ3v) is 15.8. The van der Waals surface area contributed by atoms with E-state index in [9.17, 15) is 0 Å². The molecule has 2 rings (SSSR count). The Balaban J connectivity index is 2.26. The summed E-state index contributed by atoms with van der Waals surface area (Å²) in [5.74, 6) is 0. The Kier molecular flexibility index (Phi) is 6.75. The minimum atomic E-state index is -0.978. The summed E-state index contributed by atoms with van der Waals surface area (Å²) in [4.78, 5) is 0. The summed E-state index contributed by atoms with van der Waals surface area (Å²) >= 11 is -0.978. The Labute approximate surface area is 155 Å². The van der Waals surface area contributed by atoms with Crippen molar-refractivity contribution in [2.75, 3.05) is 6.16 Å². The van der Waals surface area contributed by atoms with E-state index >= 15 is 0 Å². The fraction of sp³-hybridized carbons (Fsp3) is 0.455. The van der Waals surface area contributed by atoms with Crippen LogP contribution in [0, 0.1) is 0 Å². The van der Waals surface area contributed by atoms with Crippen LogP contribution in [0.5, 0.6) is 0 Å². The molecule has 0 fully saturated rings. The topological polar surface area (TPSA) is 0 Å². The zero-order chi connectivity index (χ0) is 17.8. The minimum absolute atomic E-state index is 0.241. The third-order valence-electron chi connectivity index (χ3n) is 4.30. The van der Waals surface area contributed by atoms with Gasteiger partial charge in [0.15, 0.2) is 0 Å². The molecule has 2 heteroatoms. The van der Waals surface area contributed by atoms with E-state index in [4.69, 9.17) is 0 Å². The molecule has 0 saturated heterocycles. The molecule has 0 bridgehead atoms. The van der Waals surface area contributed by atoms with Crippen LogP contribution in [0.25, 0.3) is 0 Å². The molecule has 0 nitrogen and oxygen atoms in total. The summed E-state index contributed by atoms with van der Waals surface area (Å²) in [5, 5.41) is 4.47. The van der Waals surface area contributed by atoms with E-state index in [1.165, 1.54) is 22.0 Å². The molecule has 0 atom stereocenters. The number of rotatable bonds is 5.